The number of rotatable bonds is 6. The summed E-state index contributed by atoms with van der Waals surface area (Å²) in [4.78, 5) is 28.3. The van der Waals surface area contributed by atoms with E-state index in [-0.39, 0.29) is 0 Å². The number of ether oxygens (including phenoxy) is 2. The van der Waals surface area contributed by atoms with Crippen molar-refractivity contribution in [3.8, 4) is 0 Å². The smallest absolute Gasteiger partial charge is 0.471 e. The Labute approximate surface area is 119 Å². The molecule has 21 heavy (non-hydrogen) atoms. The van der Waals surface area contributed by atoms with Crippen molar-refractivity contribution >= 4 is 13.8 Å². The van der Waals surface area contributed by atoms with Gasteiger partial charge in [-0.3, -0.25) is 4.52 Å². The summed E-state index contributed by atoms with van der Waals surface area (Å²) in [5.41, 5.74) is 5.63. The first kappa shape index (κ1) is 18.4. The van der Waals surface area contributed by atoms with Gasteiger partial charge in [-0.25, -0.2) is 9.36 Å². The number of aliphatic carboxylic acids is 1. The van der Waals surface area contributed by atoms with E-state index in [4.69, 9.17) is 35.2 Å². The summed E-state index contributed by atoms with van der Waals surface area (Å²) in [7, 11) is -4.95. The SMILES string of the molecule is C[C@@H](O[C@H]1[C@H](O)[C@@H](CO)OC(OP(=O)(O)O)[C@@H]1N)C(=O)O. The van der Waals surface area contributed by atoms with E-state index in [1.165, 1.54) is 6.92 Å². The van der Waals surface area contributed by atoms with E-state index in [0.29, 0.717) is 0 Å². The first-order valence-electron chi connectivity index (χ1n) is 5.89. The fourth-order valence-corrected chi connectivity index (χ4v) is 2.25. The van der Waals surface area contributed by atoms with Crippen LogP contribution in [0.3, 0.4) is 0 Å². The second-order valence-electron chi connectivity index (χ2n) is 4.47. The molecule has 11 nitrogen and oxygen atoms in total. The van der Waals surface area contributed by atoms with E-state index in [9.17, 15) is 14.5 Å². The zero-order valence-corrected chi connectivity index (χ0v) is 11.9. The summed E-state index contributed by atoms with van der Waals surface area (Å²) in [6.07, 6.45) is -7.18. The Hall–Kier alpha value is -0.620. The average Bonchev–Trinajstić information content (AvgIpc) is 2.36. The minimum absolute atomic E-state index is 0.712. The number of hydrogen-bond donors (Lipinski definition) is 6. The van der Waals surface area contributed by atoms with Crippen molar-refractivity contribution in [1.82, 2.24) is 0 Å². The van der Waals surface area contributed by atoms with Crippen molar-refractivity contribution in [3.63, 3.8) is 0 Å². The highest BCUT2D eigenvalue weighted by Crippen LogP contribution is 2.40. The van der Waals surface area contributed by atoms with Gasteiger partial charge in [0.05, 0.1) is 12.6 Å². The van der Waals surface area contributed by atoms with E-state index in [2.05, 4.69) is 4.52 Å². The molecule has 1 fully saturated rings. The Balaban J connectivity index is 2.91. The third-order valence-corrected chi connectivity index (χ3v) is 3.33. The molecule has 1 heterocycles. The van der Waals surface area contributed by atoms with Gasteiger partial charge in [-0.15, -0.1) is 0 Å². The maximum Gasteiger partial charge on any atom is 0.471 e. The monoisotopic (exact) mass is 331 g/mol. The minimum Gasteiger partial charge on any atom is -0.479 e. The molecular weight excluding hydrogens is 313 g/mol. The van der Waals surface area contributed by atoms with Crippen LogP contribution in [0.1, 0.15) is 6.92 Å². The fourth-order valence-electron chi connectivity index (χ4n) is 1.78. The number of carboxylic acid groups (broad SMARTS) is 1. The van der Waals surface area contributed by atoms with Gasteiger partial charge in [-0.05, 0) is 6.92 Å². The van der Waals surface area contributed by atoms with E-state index in [0.717, 1.165) is 0 Å². The fraction of sp³-hybridized carbons (Fsp3) is 0.889. The van der Waals surface area contributed by atoms with Gasteiger partial charge in [0.25, 0.3) is 0 Å². The lowest BCUT2D eigenvalue weighted by molar-refractivity contribution is -0.257. The van der Waals surface area contributed by atoms with Crippen molar-refractivity contribution in [3.05, 3.63) is 0 Å². The second-order valence-corrected chi connectivity index (χ2v) is 5.66. The van der Waals surface area contributed by atoms with Gasteiger partial charge in [0.2, 0.25) is 0 Å². The highest BCUT2D eigenvalue weighted by Gasteiger charge is 2.47. The van der Waals surface area contributed by atoms with Crippen molar-refractivity contribution in [1.29, 1.82) is 0 Å². The summed E-state index contributed by atoms with van der Waals surface area (Å²) in [5, 5.41) is 27.8. The van der Waals surface area contributed by atoms with Gasteiger partial charge in [-0.1, -0.05) is 0 Å². The molecule has 0 saturated carbocycles. The second kappa shape index (κ2) is 7.09. The third kappa shape index (κ3) is 4.95. The maximum absolute atomic E-state index is 10.8. The lowest BCUT2D eigenvalue weighted by atomic mass is 9.97. The highest BCUT2D eigenvalue weighted by molar-refractivity contribution is 7.46. The molecule has 0 aromatic rings. The standard InChI is InChI=1S/C9H18NO10P/c1-3(8(13)14)18-7-5(10)9(20-21(15,16)17)19-4(2-11)6(7)12/h3-7,9,11-12H,2,10H2,1H3,(H,13,14)(H2,15,16,17)/t3-,4-,5-,6-,7-,9?/m1/s1. The molecule has 0 amide bonds. The number of aliphatic hydroxyl groups excluding tert-OH is 2. The van der Waals surface area contributed by atoms with Crippen LogP contribution in [0.25, 0.3) is 0 Å². The van der Waals surface area contributed by atoms with Gasteiger partial charge in [0.15, 0.2) is 12.4 Å². The molecule has 0 bridgehead atoms. The van der Waals surface area contributed by atoms with Gasteiger partial charge in [0.1, 0.15) is 18.3 Å². The predicted molar refractivity (Wildman–Crippen MR) is 64.8 cm³/mol. The molecule has 1 aliphatic rings. The lowest BCUT2D eigenvalue weighted by Crippen LogP contribution is -2.64. The first-order valence-corrected chi connectivity index (χ1v) is 7.42. The van der Waals surface area contributed by atoms with Crippen LogP contribution in [-0.2, 0) is 23.4 Å². The molecule has 0 aromatic heterocycles. The molecule has 1 saturated heterocycles. The summed E-state index contributed by atoms with van der Waals surface area (Å²) in [5.74, 6) is -1.33. The van der Waals surface area contributed by atoms with Crippen LogP contribution in [0.5, 0.6) is 0 Å². The molecular formula is C9H18NO10P. The number of phosphoric ester groups is 1. The minimum atomic E-state index is -4.95. The zero-order valence-electron chi connectivity index (χ0n) is 11.0. The third-order valence-electron chi connectivity index (χ3n) is 2.85. The Kier molecular flexibility index (Phi) is 6.23. The number of hydrogen-bond acceptors (Lipinski definition) is 8. The number of phosphoric acid groups is 1. The Morgan fingerprint density at radius 3 is 2.48 bits per heavy atom. The summed E-state index contributed by atoms with van der Waals surface area (Å²) in [6, 6.07) is -1.38. The number of carbonyl (C=O) groups is 1. The average molecular weight is 331 g/mol. The number of aliphatic hydroxyl groups is 2. The van der Waals surface area contributed by atoms with Crippen molar-refractivity contribution in [2.75, 3.05) is 6.61 Å². The zero-order chi connectivity index (χ0) is 16.4. The topological polar surface area (TPSA) is 189 Å². The largest absolute Gasteiger partial charge is 0.479 e. The Bertz CT molecular complexity index is 413. The molecule has 1 aliphatic heterocycles. The number of nitrogens with two attached hydrogens (primary N) is 1. The summed E-state index contributed by atoms with van der Waals surface area (Å²) >= 11 is 0. The highest BCUT2D eigenvalue weighted by atomic mass is 31.2. The molecule has 12 heteroatoms. The molecule has 6 atom stereocenters. The van der Waals surface area contributed by atoms with Gasteiger partial charge >= 0.3 is 13.8 Å². The van der Waals surface area contributed by atoms with Crippen molar-refractivity contribution in [2.45, 2.75) is 43.7 Å². The quantitative estimate of drug-likeness (QED) is 0.279. The van der Waals surface area contributed by atoms with E-state index in [1.807, 2.05) is 0 Å². The van der Waals surface area contributed by atoms with Crippen LogP contribution >= 0.6 is 7.82 Å². The molecule has 1 unspecified atom stereocenters. The maximum atomic E-state index is 10.8. The Morgan fingerprint density at radius 2 is 2.05 bits per heavy atom. The summed E-state index contributed by atoms with van der Waals surface area (Å²) in [6.45, 7) is 0.472. The van der Waals surface area contributed by atoms with Crippen molar-refractivity contribution in [2.24, 2.45) is 5.73 Å². The van der Waals surface area contributed by atoms with Crippen LogP contribution in [0.2, 0.25) is 0 Å². The molecule has 0 radical (unpaired) electrons. The molecule has 1 rings (SSSR count). The van der Waals surface area contributed by atoms with E-state index < -0.39 is 57.1 Å². The van der Waals surface area contributed by atoms with Crippen LogP contribution < -0.4 is 5.73 Å². The number of carboxylic acids is 1. The molecule has 124 valence electrons. The molecule has 7 N–H and O–H groups in total. The predicted octanol–water partition coefficient (Wildman–Crippen LogP) is -2.64. The molecule has 0 aliphatic carbocycles. The van der Waals surface area contributed by atoms with E-state index in [1.54, 1.807) is 0 Å². The first-order chi connectivity index (χ1) is 9.56. The van der Waals surface area contributed by atoms with Gasteiger partial charge in [-0.2, -0.15) is 0 Å². The normalized spacial score (nSPS) is 35.4. The van der Waals surface area contributed by atoms with Crippen molar-refractivity contribution < 1.29 is 48.5 Å². The lowest BCUT2D eigenvalue weighted by Gasteiger charge is -2.42. The van der Waals surface area contributed by atoms with Crippen LogP contribution in [0.4, 0.5) is 0 Å². The molecule has 0 aromatic carbocycles. The molecule has 0 spiro atoms. The van der Waals surface area contributed by atoms with Crippen LogP contribution in [-0.4, -0.2) is 74.4 Å². The van der Waals surface area contributed by atoms with Crippen LogP contribution in [0.15, 0.2) is 0 Å². The van der Waals surface area contributed by atoms with Gasteiger partial charge < -0.3 is 40.3 Å². The van der Waals surface area contributed by atoms with Gasteiger partial charge in [0, 0.05) is 0 Å². The van der Waals surface area contributed by atoms with E-state index >= 15 is 0 Å². The van der Waals surface area contributed by atoms with Crippen LogP contribution in [0, 0.1) is 0 Å². The summed E-state index contributed by atoms with van der Waals surface area (Å²) < 4.78 is 25.1. The Morgan fingerprint density at radius 1 is 1.48 bits per heavy atom.